The number of nitrogens with zero attached hydrogens (tertiary/aromatic N) is 1. The van der Waals surface area contributed by atoms with E-state index in [1.54, 1.807) is 18.2 Å². The van der Waals surface area contributed by atoms with E-state index in [0.717, 1.165) is 0 Å². The standard InChI is InChI=1S/C13H10FNO3/c1-18-12-10(13(16)17)6-7-11(15-12)8-2-4-9(14)5-3-8/h2-7H,1H3,(H,16,17). The molecule has 1 N–H and O–H groups in total. The minimum absolute atomic E-state index is 0.0108. The van der Waals surface area contributed by atoms with Crippen LogP contribution in [0.25, 0.3) is 11.3 Å². The second kappa shape index (κ2) is 4.83. The van der Waals surface area contributed by atoms with Crippen LogP contribution < -0.4 is 4.74 Å². The molecule has 0 spiro atoms. The van der Waals surface area contributed by atoms with Crippen molar-refractivity contribution in [2.75, 3.05) is 7.11 Å². The van der Waals surface area contributed by atoms with Crippen molar-refractivity contribution in [2.45, 2.75) is 0 Å². The molecule has 0 unspecified atom stereocenters. The van der Waals surface area contributed by atoms with Gasteiger partial charge in [-0.3, -0.25) is 0 Å². The number of halogens is 1. The average Bonchev–Trinajstić information content (AvgIpc) is 2.38. The molecule has 0 atom stereocenters. The summed E-state index contributed by atoms with van der Waals surface area (Å²) < 4.78 is 17.7. The summed E-state index contributed by atoms with van der Waals surface area (Å²) in [5.74, 6) is -1.41. The molecular formula is C13H10FNO3. The molecule has 5 heteroatoms. The number of rotatable bonds is 3. The molecule has 2 aromatic rings. The van der Waals surface area contributed by atoms with Crippen LogP contribution in [0.4, 0.5) is 4.39 Å². The second-order valence-electron chi connectivity index (χ2n) is 3.57. The van der Waals surface area contributed by atoms with Crippen LogP contribution >= 0.6 is 0 Å². The summed E-state index contributed by atoms with van der Waals surface area (Å²) in [5.41, 5.74) is 1.20. The molecule has 92 valence electrons. The van der Waals surface area contributed by atoms with E-state index in [4.69, 9.17) is 9.84 Å². The van der Waals surface area contributed by atoms with Crippen molar-refractivity contribution in [3.8, 4) is 17.1 Å². The normalized spacial score (nSPS) is 10.1. The second-order valence-corrected chi connectivity index (χ2v) is 3.57. The summed E-state index contributed by atoms with van der Waals surface area (Å²) in [7, 11) is 1.35. The molecule has 1 heterocycles. The largest absolute Gasteiger partial charge is 0.480 e. The van der Waals surface area contributed by atoms with Gasteiger partial charge in [-0.05, 0) is 36.4 Å². The molecule has 0 saturated carbocycles. The van der Waals surface area contributed by atoms with Crippen LogP contribution in [0, 0.1) is 5.82 Å². The van der Waals surface area contributed by atoms with E-state index in [1.165, 1.54) is 25.3 Å². The quantitative estimate of drug-likeness (QED) is 0.905. The van der Waals surface area contributed by atoms with Gasteiger partial charge < -0.3 is 9.84 Å². The number of carboxylic acids is 1. The van der Waals surface area contributed by atoms with Gasteiger partial charge in [0.15, 0.2) is 0 Å². The van der Waals surface area contributed by atoms with Gasteiger partial charge >= 0.3 is 5.97 Å². The van der Waals surface area contributed by atoms with Crippen molar-refractivity contribution in [1.82, 2.24) is 4.98 Å². The van der Waals surface area contributed by atoms with Crippen LogP contribution in [-0.4, -0.2) is 23.2 Å². The molecule has 0 aliphatic rings. The first-order valence-electron chi connectivity index (χ1n) is 5.16. The third-order valence-electron chi connectivity index (χ3n) is 2.42. The van der Waals surface area contributed by atoms with Crippen molar-refractivity contribution < 1.29 is 19.0 Å². The van der Waals surface area contributed by atoms with Crippen LogP contribution in [0.5, 0.6) is 5.88 Å². The lowest BCUT2D eigenvalue weighted by Gasteiger charge is -2.06. The van der Waals surface area contributed by atoms with E-state index in [-0.39, 0.29) is 17.3 Å². The van der Waals surface area contributed by atoms with Crippen molar-refractivity contribution >= 4 is 5.97 Å². The van der Waals surface area contributed by atoms with E-state index in [0.29, 0.717) is 11.3 Å². The van der Waals surface area contributed by atoms with Gasteiger partial charge in [-0.2, -0.15) is 0 Å². The predicted molar refractivity (Wildman–Crippen MR) is 63.1 cm³/mol. The van der Waals surface area contributed by atoms with Crippen molar-refractivity contribution in [3.63, 3.8) is 0 Å². The summed E-state index contributed by atoms with van der Waals surface area (Å²) >= 11 is 0. The number of carboxylic acid groups (broad SMARTS) is 1. The first kappa shape index (κ1) is 12.0. The van der Waals surface area contributed by atoms with Crippen molar-refractivity contribution in [3.05, 3.63) is 47.8 Å². The van der Waals surface area contributed by atoms with E-state index in [2.05, 4.69) is 4.98 Å². The summed E-state index contributed by atoms with van der Waals surface area (Å²) in [4.78, 5) is 15.0. The minimum Gasteiger partial charge on any atom is -0.480 e. The number of aromatic carboxylic acids is 1. The molecule has 18 heavy (non-hydrogen) atoms. The Labute approximate surface area is 103 Å². The van der Waals surface area contributed by atoms with Gasteiger partial charge in [0, 0.05) is 5.56 Å². The SMILES string of the molecule is COc1nc(-c2ccc(F)cc2)ccc1C(=O)O. The van der Waals surface area contributed by atoms with E-state index in [1.807, 2.05) is 0 Å². The molecule has 1 aromatic carbocycles. The lowest BCUT2D eigenvalue weighted by molar-refractivity contribution is 0.0692. The minimum atomic E-state index is -1.11. The lowest BCUT2D eigenvalue weighted by atomic mass is 10.1. The fraction of sp³-hybridized carbons (Fsp3) is 0.0769. The average molecular weight is 247 g/mol. The Bertz CT molecular complexity index is 581. The Morgan fingerprint density at radius 3 is 2.44 bits per heavy atom. The molecule has 0 radical (unpaired) electrons. The zero-order valence-electron chi connectivity index (χ0n) is 9.55. The fourth-order valence-electron chi connectivity index (χ4n) is 1.54. The van der Waals surface area contributed by atoms with Gasteiger partial charge in [-0.25, -0.2) is 14.2 Å². The fourth-order valence-corrected chi connectivity index (χ4v) is 1.54. The number of hydrogen-bond donors (Lipinski definition) is 1. The topological polar surface area (TPSA) is 59.4 Å². The number of pyridine rings is 1. The van der Waals surface area contributed by atoms with Gasteiger partial charge in [0.2, 0.25) is 5.88 Å². The van der Waals surface area contributed by atoms with Gasteiger partial charge in [-0.15, -0.1) is 0 Å². The summed E-state index contributed by atoms with van der Waals surface area (Å²) in [6.45, 7) is 0. The zero-order valence-corrected chi connectivity index (χ0v) is 9.55. The Hall–Kier alpha value is -2.43. The Morgan fingerprint density at radius 1 is 1.22 bits per heavy atom. The molecule has 0 saturated heterocycles. The molecule has 0 aliphatic carbocycles. The first-order valence-corrected chi connectivity index (χ1v) is 5.16. The number of ether oxygens (including phenoxy) is 1. The van der Waals surface area contributed by atoms with Gasteiger partial charge in [0.05, 0.1) is 12.8 Å². The van der Waals surface area contributed by atoms with Crippen LogP contribution in [0.1, 0.15) is 10.4 Å². The molecule has 4 nitrogen and oxygen atoms in total. The van der Waals surface area contributed by atoms with E-state index in [9.17, 15) is 9.18 Å². The third-order valence-corrected chi connectivity index (χ3v) is 2.42. The van der Waals surface area contributed by atoms with Gasteiger partial charge in [-0.1, -0.05) is 0 Å². The molecule has 0 amide bonds. The van der Waals surface area contributed by atoms with Crippen molar-refractivity contribution in [2.24, 2.45) is 0 Å². The maximum atomic E-state index is 12.8. The first-order chi connectivity index (χ1) is 8.61. The van der Waals surface area contributed by atoms with Crippen LogP contribution in [0.3, 0.4) is 0 Å². The molecular weight excluding hydrogens is 237 g/mol. The number of aromatic nitrogens is 1. The highest BCUT2D eigenvalue weighted by atomic mass is 19.1. The highest BCUT2D eigenvalue weighted by Crippen LogP contribution is 2.23. The molecule has 0 bridgehead atoms. The highest BCUT2D eigenvalue weighted by Gasteiger charge is 2.13. The lowest BCUT2D eigenvalue weighted by Crippen LogP contribution is -2.02. The van der Waals surface area contributed by atoms with Crippen LogP contribution in [0.15, 0.2) is 36.4 Å². The Morgan fingerprint density at radius 2 is 1.89 bits per heavy atom. The van der Waals surface area contributed by atoms with E-state index < -0.39 is 5.97 Å². The number of hydrogen-bond acceptors (Lipinski definition) is 3. The van der Waals surface area contributed by atoms with Crippen LogP contribution in [0.2, 0.25) is 0 Å². The number of benzene rings is 1. The van der Waals surface area contributed by atoms with Crippen LogP contribution in [-0.2, 0) is 0 Å². The van der Waals surface area contributed by atoms with Gasteiger partial charge in [0.1, 0.15) is 11.4 Å². The molecule has 1 aromatic heterocycles. The summed E-state index contributed by atoms with van der Waals surface area (Å²) in [6.07, 6.45) is 0. The maximum Gasteiger partial charge on any atom is 0.341 e. The molecule has 0 fully saturated rings. The third kappa shape index (κ3) is 2.29. The monoisotopic (exact) mass is 247 g/mol. The Kier molecular flexibility index (Phi) is 3.23. The molecule has 2 rings (SSSR count). The maximum absolute atomic E-state index is 12.8. The number of methoxy groups -OCH3 is 1. The summed E-state index contributed by atoms with van der Waals surface area (Å²) in [6, 6.07) is 8.73. The number of carbonyl (C=O) groups is 1. The zero-order chi connectivity index (χ0) is 13.1. The molecule has 0 aliphatic heterocycles. The smallest absolute Gasteiger partial charge is 0.341 e. The highest BCUT2D eigenvalue weighted by molar-refractivity contribution is 5.90. The van der Waals surface area contributed by atoms with E-state index >= 15 is 0 Å². The predicted octanol–water partition coefficient (Wildman–Crippen LogP) is 2.59. The Balaban J connectivity index is 2.47. The van der Waals surface area contributed by atoms with Crippen molar-refractivity contribution in [1.29, 1.82) is 0 Å². The van der Waals surface area contributed by atoms with Gasteiger partial charge in [0.25, 0.3) is 0 Å². The summed E-state index contributed by atoms with van der Waals surface area (Å²) in [5, 5.41) is 8.93.